The Bertz CT molecular complexity index is 1330. The first kappa shape index (κ1) is 19.0. The summed E-state index contributed by atoms with van der Waals surface area (Å²) in [6.45, 7) is 0. The van der Waals surface area contributed by atoms with Gasteiger partial charge in [-0.05, 0) is 41.8 Å². The number of benzene rings is 3. The zero-order chi connectivity index (χ0) is 20.6. The molecule has 0 fully saturated rings. The van der Waals surface area contributed by atoms with Crippen LogP contribution in [-0.4, -0.2) is 24.5 Å². The summed E-state index contributed by atoms with van der Waals surface area (Å²) in [5.41, 5.74) is 0.955. The van der Waals surface area contributed by atoms with Gasteiger partial charge in [0.1, 0.15) is 10.8 Å². The van der Waals surface area contributed by atoms with Crippen LogP contribution in [0.5, 0.6) is 0 Å². The monoisotopic (exact) mass is 428 g/mol. The number of anilines is 1. The fraction of sp³-hybridized carbons (Fsp3) is 0. The Morgan fingerprint density at radius 1 is 1.00 bits per heavy atom. The lowest BCUT2D eigenvalue weighted by molar-refractivity contribution is 0.0699. The number of fused-ring (bicyclic) bond motifs is 1. The fourth-order valence-electron chi connectivity index (χ4n) is 2.88. The van der Waals surface area contributed by atoms with Gasteiger partial charge in [0.2, 0.25) is 0 Å². The molecule has 0 spiro atoms. The van der Waals surface area contributed by atoms with Crippen molar-refractivity contribution in [3.05, 3.63) is 78.2 Å². The largest absolute Gasteiger partial charge is 0.478 e. The number of hydrogen-bond acceptors (Lipinski definition) is 5. The molecule has 0 atom stereocenters. The number of carboxylic acid groups (broad SMARTS) is 1. The second-order valence-electron chi connectivity index (χ2n) is 6.11. The first-order valence-electron chi connectivity index (χ1n) is 8.35. The van der Waals surface area contributed by atoms with Crippen LogP contribution < -0.4 is 4.72 Å². The predicted molar refractivity (Wildman–Crippen MR) is 109 cm³/mol. The van der Waals surface area contributed by atoms with Crippen molar-refractivity contribution in [3.63, 3.8) is 0 Å². The first-order chi connectivity index (χ1) is 13.8. The van der Waals surface area contributed by atoms with E-state index in [-0.39, 0.29) is 15.5 Å². The third-order valence-corrected chi connectivity index (χ3v) is 7.11. The number of hydrogen-bond donors (Lipinski definition) is 2. The lowest BCUT2D eigenvalue weighted by atomic mass is 10.0. The minimum absolute atomic E-state index is 0.0109. The molecule has 0 aliphatic heterocycles. The summed E-state index contributed by atoms with van der Waals surface area (Å²) < 4.78 is 41.3. The number of sulfonamides is 1. The fourth-order valence-corrected chi connectivity index (χ4v) is 5.09. The number of nitrogens with one attached hydrogen (secondary N) is 1. The van der Waals surface area contributed by atoms with E-state index in [1.165, 1.54) is 42.6 Å². The van der Waals surface area contributed by atoms with Gasteiger partial charge in [-0.25, -0.2) is 22.6 Å². The van der Waals surface area contributed by atoms with Crippen LogP contribution in [0, 0.1) is 5.82 Å². The van der Waals surface area contributed by atoms with Crippen molar-refractivity contribution in [1.82, 2.24) is 4.98 Å². The van der Waals surface area contributed by atoms with Gasteiger partial charge in [0, 0.05) is 10.9 Å². The molecule has 146 valence electrons. The highest BCUT2D eigenvalue weighted by molar-refractivity contribution is 7.94. The van der Waals surface area contributed by atoms with E-state index in [2.05, 4.69) is 9.71 Å². The first-order valence-corrected chi connectivity index (χ1v) is 10.6. The molecule has 0 bridgehead atoms. The summed E-state index contributed by atoms with van der Waals surface area (Å²) in [5, 5.41) is 10.7. The molecule has 4 rings (SSSR count). The van der Waals surface area contributed by atoms with E-state index in [4.69, 9.17) is 0 Å². The third kappa shape index (κ3) is 3.69. The van der Waals surface area contributed by atoms with Crippen LogP contribution >= 0.6 is 11.3 Å². The molecule has 1 heterocycles. The van der Waals surface area contributed by atoms with Crippen molar-refractivity contribution < 1.29 is 22.7 Å². The van der Waals surface area contributed by atoms with E-state index in [0.29, 0.717) is 21.3 Å². The molecule has 0 amide bonds. The molecule has 6 nitrogen and oxygen atoms in total. The van der Waals surface area contributed by atoms with E-state index in [0.717, 1.165) is 11.3 Å². The van der Waals surface area contributed by atoms with Gasteiger partial charge in [-0.15, -0.1) is 11.3 Å². The number of halogens is 1. The number of thiazole rings is 1. The normalized spacial score (nSPS) is 11.5. The van der Waals surface area contributed by atoms with Crippen LogP contribution in [0.15, 0.2) is 71.1 Å². The molecule has 0 aliphatic rings. The quantitative estimate of drug-likeness (QED) is 0.484. The Balaban J connectivity index is 1.71. The molecule has 0 saturated heterocycles. The molecular formula is C20H13FN2O4S2. The highest BCUT2D eigenvalue weighted by Crippen LogP contribution is 2.32. The number of aromatic carboxylic acids is 1. The SMILES string of the molecule is O=C(O)c1ccc(NS(=O)(=O)c2cnc(-c3ccc(F)cc3)s2)c2ccccc12. The van der Waals surface area contributed by atoms with E-state index in [1.807, 2.05) is 0 Å². The van der Waals surface area contributed by atoms with E-state index < -0.39 is 21.8 Å². The molecular weight excluding hydrogens is 415 g/mol. The molecule has 2 N–H and O–H groups in total. The number of rotatable bonds is 5. The average Bonchev–Trinajstić information content (AvgIpc) is 3.19. The average molecular weight is 428 g/mol. The summed E-state index contributed by atoms with van der Waals surface area (Å²) in [4.78, 5) is 15.5. The Kier molecular flexibility index (Phi) is 4.77. The molecule has 9 heteroatoms. The Morgan fingerprint density at radius 3 is 2.38 bits per heavy atom. The summed E-state index contributed by atoms with van der Waals surface area (Å²) in [7, 11) is -3.95. The Labute approximate surface area is 169 Å². The highest BCUT2D eigenvalue weighted by atomic mass is 32.2. The summed E-state index contributed by atoms with van der Waals surface area (Å²) >= 11 is 0.953. The maximum atomic E-state index is 13.1. The molecule has 3 aromatic carbocycles. The van der Waals surface area contributed by atoms with E-state index >= 15 is 0 Å². The zero-order valence-electron chi connectivity index (χ0n) is 14.7. The van der Waals surface area contributed by atoms with Crippen molar-refractivity contribution >= 4 is 43.8 Å². The van der Waals surface area contributed by atoms with Crippen molar-refractivity contribution in [2.45, 2.75) is 4.21 Å². The summed E-state index contributed by atoms with van der Waals surface area (Å²) in [6.07, 6.45) is 1.24. The number of nitrogens with zero attached hydrogens (tertiary/aromatic N) is 1. The molecule has 1 aromatic heterocycles. The number of carboxylic acids is 1. The van der Waals surface area contributed by atoms with Crippen LogP contribution in [0.2, 0.25) is 0 Å². The number of carbonyl (C=O) groups is 1. The minimum Gasteiger partial charge on any atom is -0.478 e. The Morgan fingerprint density at radius 2 is 1.69 bits per heavy atom. The number of aromatic nitrogens is 1. The van der Waals surface area contributed by atoms with Crippen LogP contribution in [0.25, 0.3) is 21.3 Å². The van der Waals surface area contributed by atoms with Gasteiger partial charge in [0.15, 0.2) is 4.21 Å². The lowest BCUT2D eigenvalue weighted by Gasteiger charge is -2.11. The molecule has 0 saturated carbocycles. The molecule has 0 aliphatic carbocycles. The van der Waals surface area contributed by atoms with Gasteiger partial charge in [-0.3, -0.25) is 4.72 Å². The molecule has 4 aromatic rings. The van der Waals surface area contributed by atoms with Gasteiger partial charge < -0.3 is 5.11 Å². The van der Waals surface area contributed by atoms with Gasteiger partial charge in [0.25, 0.3) is 10.0 Å². The van der Waals surface area contributed by atoms with Crippen molar-refractivity contribution in [2.75, 3.05) is 4.72 Å². The van der Waals surface area contributed by atoms with Gasteiger partial charge in [-0.1, -0.05) is 24.3 Å². The predicted octanol–water partition coefficient (Wildman–Crippen LogP) is 4.60. The smallest absolute Gasteiger partial charge is 0.336 e. The maximum Gasteiger partial charge on any atom is 0.336 e. The third-order valence-electron chi connectivity index (χ3n) is 4.24. The van der Waals surface area contributed by atoms with Gasteiger partial charge >= 0.3 is 5.97 Å². The standard InChI is InChI=1S/C20H13FN2O4S2/c21-13-7-5-12(6-8-13)19-22-11-18(28-19)29(26,27)23-17-10-9-16(20(24)25)14-3-1-2-4-15(14)17/h1-11,23H,(H,24,25). The zero-order valence-corrected chi connectivity index (χ0v) is 16.3. The van der Waals surface area contributed by atoms with Crippen LogP contribution in [0.3, 0.4) is 0 Å². The van der Waals surface area contributed by atoms with E-state index in [9.17, 15) is 22.7 Å². The van der Waals surface area contributed by atoms with Crippen LogP contribution in [0.4, 0.5) is 10.1 Å². The van der Waals surface area contributed by atoms with Crippen LogP contribution in [0.1, 0.15) is 10.4 Å². The van der Waals surface area contributed by atoms with Crippen molar-refractivity contribution in [2.24, 2.45) is 0 Å². The molecule has 0 unspecified atom stereocenters. The van der Waals surface area contributed by atoms with Gasteiger partial charge in [0.05, 0.1) is 17.4 Å². The lowest BCUT2D eigenvalue weighted by Crippen LogP contribution is -2.12. The molecule has 29 heavy (non-hydrogen) atoms. The van der Waals surface area contributed by atoms with Crippen LogP contribution in [-0.2, 0) is 10.0 Å². The summed E-state index contributed by atoms with van der Waals surface area (Å²) in [5.74, 6) is -1.49. The Hall–Kier alpha value is -3.30. The topological polar surface area (TPSA) is 96.4 Å². The van der Waals surface area contributed by atoms with E-state index in [1.54, 1.807) is 24.3 Å². The minimum atomic E-state index is -3.95. The van der Waals surface area contributed by atoms with Crippen molar-refractivity contribution in [1.29, 1.82) is 0 Å². The summed E-state index contributed by atoms with van der Waals surface area (Å²) in [6, 6.07) is 15.0. The van der Waals surface area contributed by atoms with Gasteiger partial charge in [-0.2, -0.15) is 0 Å². The second-order valence-corrected chi connectivity index (χ2v) is 9.05. The second kappa shape index (κ2) is 7.26. The van der Waals surface area contributed by atoms with Crippen molar-refractivity contribution in [3.8, 4) is 10.6 Å². The highest BCUT2D eigenvalue weighted by Gasteiger charge is 2.21. The maximum absolute atomic E-state index is 13.1. The molecule has 0 radical (unpaired) electrons.